The number of halogens is 1. The summed E-state index contributed by atoms with van der Waals surface area (Å²) in [5, 5.41) is 3.29. The zero-order chi connectivity index (χ0) is 16.2. The Bertz CT molecular complexity index is 594. The van der Waals surface area contributed by atoms with Gasteiger partial charge >= 0.3 is 0 Å². The largest absolute Gasteiger partial charge is 0.497 e. The van der Waals surface area contributed by atoms with Crippen molar-refractivity contribution in [2.75, 3.05) is 33.9 Å². The molecule has 0 amide bonds. The van der Waals surface area contributed by atoms with Gasteiger partial charge in [0, 0.05) is 24.7 Å². The summed E-state index contributed by atoms with van der Waals surface area (Å²) >= 11 is 0. The van der Waals surface area contributed by atoms with E-state index in [9.17, 15) is 8.42 Å². The number of piperidine rings is 1. The van der Waals surface area contributed by atoms with Crippen molar-refractivity contribution in [1.29, 1.82) is 0 Å². The molecule has 1 aliphatic rings. The van der Waals surface area contributed by atoms with Gasteiger partial charge in [-0.1, -0.05) is 6.92 Å². The number of nitrogens with one attached hydrogen (secondary N) is 2. The first-order chi connectivity index (χ1) is 10.4. The zero-order valence-corrected chi connectivity index (χ0v) is 15.4. The molecule has 1 heterocycles. The number of sulfonamides is 1. The lowest BCUT2D eigenvalue weighted by Crippen LogP contribution is -2.42. The summed E-state index contributed by atoms with van der Waals surface area (Å²) in [7, 11) is -0.604. The minimum absolute atomic E-state index is 0. The van der Waals surface area contributed by atoms with Gasteiger partial charge in [-0.15, -0.1) is 12.4 Å². The maximum Gasteiger partial charge on any atom is 0.240 e. The normalized spacial score (nSPS) is 17.2. The lowest BCUT2D eigenvalue weighted by atomic mass is 9.81. The third-order valence-electron chi connectivity index (χ3n) is 4.13. The Morgan fingerprint density at radius 3 is 2.13 bits per heavy atom. The maximum absolute atomic E-state index is 12.5. The van der Waals surface area contributed by atoms with Gasteiger partial charge in [-0.2, -0.15) is 0 Å². The Hall–Kier alpha value is -1.02. The number of hydrogen-bond donors (Lipinski definition) is 2. The molecule has 1 aromatic rings. The van der Waals surface area contributed by atoms with Gasteiger partial charge in [-0.3, -0.25) is 0 Å². The van der Waals surface area contributed by atoms with Crippen LogP contribution in [0.3, 0.4) is 0 Å². The molecule has 1 fully saturated rings. The highest BCUT2D eigenvalue weighted by Crippen LogP contribution is 2.29. The van der Waals surface area contributed by atoms with Crippen LogP contribution in [-0.4, -0.2) is 42.3 Å². The molecule has 1 aliphatic heterocycles. The van der Waals surface area contributed by atoms with Gasteiger partial charge in [0.15, 0.2) is 0 Å². The highest BCUT2D eigenvalue weighted by molar-refractivity contribution is 7.89. The average molecular weight is 365 g/mol. The van der Waals surface area contributed by atoms with Crippen molar-refractivity contribution in [2.24, 2.45) is 5.41 Å². The molecule has 0 unspecified atom stereocenters. The van der Waals surface area contributed by atoms with Gasteiger partial charge in [-0.05, 0) is 31.3 Å². The quantitative estimate of drug-likeness (QED) is 0.804. The molecule has 8 heteroatoms. The minimum atomic E-state index is -3.59. The van der Waals surface area contributed by atoms with E-state index < -0.39 is 10.0 Å². The zero-order valence-electron chi connectivity index (χ0n) is 13.7. The second-order valence-electron chi connectivity index (χ2n) is 5.93. The van der Waals surface area contributed by atoms with Crippen LogP contribution in [0.4, 0.5) is 0 Å². The van der Waals surface area contributed by atoms with Crippen molar-refractivity contribution in [3.63, 3.8) is 0 Å². The summed E-state index contributed by atoms with van der Waals surface area (Å²) in [6.45, 7) is 4.38. The molecule has 1 saturated heterocycles. The molecule has 1 aromatic carbocycles. The Labute approximate surface area is 144 Å². The summed E-state index contributed by atoms with van der Waals surface area (Å²) in [6.07, 6.45) is 1.91. The fourth-order valence-electron chi connectivity index (χ4n) is 2.50. The summed E-state index contributed by atoms with van der Waals surface area (Å²) in [5.74, 6) is 0.903. The fraction of sp³-hybridized carbons (Fsp3) is 0.600. The molecule has 2 rings (SSSR count). The van der Waals surface area contributed by atoms with Crippen molar-refractivity contribution in [1.82, 2.24) is 10.0 Å². The molecule has 2 N–H and O–H groups in total. The molecule has 0 saturated carbocycles. The first-order valence-corrected chi connectivity index (χ1v) is 8.80. The monoisotopic (exact) mass is 364 g/mol. The van der Waals surface area contributed by atoms with Crippen LogP contribution in [0.25, 0.3) is 0 Å². The smallest absolute Gasteiger partial charge is 0.240 e. The van der Waals surface area contributed by atoms with Crippen molar-refractivity contribution in [3.8, 4) is 11.5 Å². The van der Waals surface area contributed by atoms with Crippen LogP contribution in [0, 0.1) is 5.41 Å². The lowest BCUT2D eigenvalue weighted by Gasteiger charge is -2.34. The Morgan fingerprint density at radius 2 is 1.65 bits per heavy atom. The predicted molar refractivity (Wildman–Crippen MR) is 92.2 cm³/mol. The number of rotatable bonds is 6. The van der Waals surface area contributed by atoms with E-state index in [0.717, 1.165) is 25.9 Å². The molecule has 132 valence electrons. The molecule has 23 heavy (non-hydrogen) atoms. The number of benzene rings is 1. The topological polar surface area (TPSA) is 76.7 Å². The molecule has 6 nitrogen and oxygen atoms in total. The van der Waals surface area contributed by atoms with E-state index in [4.69, 9.17) is 9.47 Å². The average Bonchev–Trinajstić information content (AvgIpc) is 2.53. The van der Waals surface area contributed by atoms with Crippen LogP contribution in [0.2, 0.25) is 0 Å². The second kappa shape index (κ2) is 8.19. The Kier molecular flexibility index (Phi) is 7.13. The van der Waals surface area contributed by atoms with Gasteiger partial charge < -0.3 is 14.8 Å². The van der Waals surface area contributed by atoms with E-state index in [1.54, 1.807) is 6.07 Å². The third kappa shape index (κ3) is 5.24. The summed E-state index contributed by atoms with van der Waals surface area (Å²) in [5.41, 5.74) is -0.0126. The van der Waals surface area contributed by atoms with Crippen LogP contribution >= 0.6 is 12.4 Å². The van der Waals surface area contributed by atoms with Crippen LogP contribution in [0.5, 0.6) is 11.5 Å². The first kappa shape index (κ1) is 20.0. The number of hydrogen-bond acceptors (Lipinski definition) is 5. The molecule has 0 atom stereocenters. The van der Waals surface area contributed by atoms with Gasteiger partial charge in [0.25, 0.3) is 0 Å². The van der Waals surface area contributed by atoms with Crippen molar-refractivity contribution in [3.05, 3.63) is 18.2 Å². The molecule has 0 bridgehead atoms. The standard InChI is InChI=1S/C15H24N2O4S.ClH/c1-15(4-6-16-7-5-15)11-17-22(18,19)14-9-12(20-2)8-13(10-14)21-3;/h8-10,16-17H,4-7,11H2,1-3H3;1H. The highest BCUT2D eigenvalue weighted by Gasteiger charge is 2.29. The van der Waals surface area contributed by atoms with E-state index in [0.29, 0.717) is 18.0 Å². The van der Waals surface area contributed by atoms with Crippen molar-refractivity contribution < 1.29 is 17.9 Å². The third-order valence-corrected chi connectivity index (χ3v) is 5.52. The second-order valence-corrected chi connectivity index (χ2v) is 7.70. The number of methoxy groups -OCH3 is 2. The molecule has 0 aromatic heterocycles. The van der Waals surface area contributed by atoms with Crippen LogP contribution in [-0.2, 0) is 10.0 Å². The van der Waals surface area contributed by atoms with Crippen LogP contribution in [0.1, 0.15) is 19.8 Å². The fourth-order valence-corrected chi connectivity index (χ4v) is 3.74. The van der Waals surface area contributed by atoms with E-state index in [-0.39, 0.29) is 22.7 Å². The van der Waals surface area contributed by atoms with Crippen molar-refractivity contribution >= 4 is 22.4 Å². The van der Waals surface area contributed by atoms with E-state index in [2.05, 4.69) is 17.0 Å². The maximum atomic E-state index is 12.5. The Balaban J connectivity index is 0.00000264. The molecular weight excluding hydrogens is 340 g/mol. The summed E-state index contributed by atoms with van der Waals surface area (Å²) in [6, 6.07) is 4.64. The minimum Gasteiger partial charge on any atom is -0.497 e. The lowest BCUT2D eigenvalue weighted by molar-refractivity contribution is 0.232. The first-order valence-electron chi connectivity index (χ1n) is 7.32. The molecule has 0 aliphatic carbocycles. The molecule has 0 spiro atoms. The highest BCUT2D eigenvalue weighted by atomic mass is 35.5. The van der Waals surface area contributed by atoms with E-state index in [1.807, 2.05) is 0 Å². The van der Waals surface area contributed by atoms with Gasteiger partial charge in [0.2, 0.25) is 10.0 Å². The van der Waals surface area contributed by atoms with Gasteiger partial charge in [0.1, 0.15) is 11.5 Å². The SMILES string of the molecule is COc1cc(OC)cc(S(=O)(=O)NCC2(C)CCNCC2)c1.Cl. The summed E-state index contributed by atoms with van der Waals surface area (Å²) < 4.78 is 38.0. The molecular formula is C15H25ClN2O4S. The van der Waals surface area contributed by atoms with E-state index >= 15 is 0 Å². The van der Waals surface area contributed by atoms with Crippen molar-refractivity contribution in [2.45, 2.75) is 24.7 Å². The molecule has 0 radical (unpaired) electrons. The number of ether oxygens (including phenoxy) is 2. The van der Waals surface area contributed by atoms with E-state index in [1.165, 1.54) is 26.4 Å². The predicted octanol–water partition coefficient (Wildman–Crippen LogP) is 1.79. The van der Waals surface area contributed by atoms with Crippen LogP contribution < -0.4 is 19.5 Å². The summed E-state index contributed by atoms with van der Waals surface area (Å²) in [4.78, 5) is 0.154. The van der Waals surface area contributed by atoms with Crippen LogP contribution in [0.15, 0.2) is 23.1 Å². The van der Waals surface area contributed by atoms with Gasteiger partial charge in [-0.25, -0.2) is 13.1 Å². The van der Waals surface area contributed by atoms with Gasteiger partial charge in [0.05, 0.1) is 19.1 Å². The Morgan fingerprint density at radius 1 is 1.13 bits per heavy atom.